The van der Waals surface area contributed by atoms with Crippen LogP contribution in [0.25, 0.3) is 0 Å². The first-order chi connectivity index (χ1) is 8.10. The summed E-state index contributed by atoms with van der Waals surface area (Å²) in [6, 6.07) is 3.73. The molecule has 0 aliphatic carbocycles. The number of carbonyl (C=O) groups excluding carboxylic acids is 2. The van der Waals surface area contributed by atoms with Crippen molar-refractivity contribution in [3.8, 4) is 0 Å². The topological polar surface area (TPSA) is 43.4 Å². The van der Waals surface area contributed by atoms with Crippen molar-refractivity contribution in [3.63, 3.8) is 0 Å². The molecule has 0 N–H and O–H groups in total. The highest BCUT2D eigenvalue weighted by Gasteiger charge is 2.14. The molecular weight excluding hydrogens is 291 g/mol. The number of hydrogen-bond donors (Lipinski definition) is 0. The summed E-state index contributed by atoms with van der Waals surface area (Å²) in [5.74, 6) is -1.58. The molecule has 1 aromatic carbocycles. The molecule has 0 aromatic heterocycles. The second-order valence-corrected chi connectivity index (χ2v) is 4.07. The van der Waals surface area contributed by atoms with Gasteiger partial charge in [-0.05, 0) is 25.1 Å². The number of carbonyl (C=O) groups is 2. The normalized spacial score (nSPS) is 10.1. The highest BCUT2D eigenvalue weighted by Crippen LogP contribution is 2.14. The van der Waals surface area contributed by atoms with Gasteiger partial charge in [0.25, 0.3) is 0 Å². The highest BCUT2D eigenvalue weighted by molar-refractivity contribution is 9.09. The summed E-state index contributed by atoms with van der Waals surface area (Å²) in [6.45, 7) is 1.90. The third kappa shape index (κ3) is 3.63. The average Bonchev–Trinajstić information content (AvgIpc) is 2.29. The minimum absolute atomic E-state index is 0.00232. The minimum atomic E-state index is -0.693. The van der Waals surface area contributed by atoms with Crippen molar-refractivity contribution in [2.45, 2.75) is 13.3 Å². The molecule has 0 unspecified atom stereocenters. The maximum absolute atomic E-state index is 13.6. The monoisotopic (exact) mass is 302 g/mol. The standard InChI is InChI=1S/C12H12BrFO3/c1-2-17-12(16)8-3-4-9(10(14)7-8)11(15)5-6-13/h3-4,7H,2,5-6H2,1H3. The minimum Gasteiger partial charge on any atom is -0.462 e. The lowest BCUT2D eigenvalue weighted by molar-refractivity contribution is 0.0525. The largest absolute Gasteiger partial charge is 0.462 e. The van der Waals surface area contributed by atoms with E-state index in [0.29, 0.717) is 5.33 Å². The van der Waals surface area contributed by atoms with Crippen LogP contribution in [0.4, 0.5) is 4.39 Å². The van der Waals surface area contributed by atoms with E-state index in [0.717, 1.165) is 6.07 Å². The molecular formula is C12H12BrFO3. The van der Waals surface area contributed by atoms with Gasteiger partial charge in [0.1, 0.15) is 5.82 Å². The first-order valence-corrected chi connectivity index (χ1v) is 6.28. The van der Waals surface area contributed by atoms with E-state index in [4.69, 9.17) is 4.74 Å². The lowest BCUT2D eigenvalue weighted by atomic mass is 10.1. The maximum Gasteiger partial charge on any atom is 0.338 e. The molecule has 17 heavy (non-hydrogen) atoms. The SMILES string of the molecule is CCOC(=O)c1ccc(C(=O)CCBr)c(F)c1. The highest BCUT2D eigenvalue weighted by atomic mass is 79.9. The smallest absolute Gasteiger partial charge is 0.338 e. The van der Waals surface area contributed by atoms with Crippen LogP contribution in [0.5, 0.6) is 0 Å². The van der Waals surface area contributed by atoms with Gasteiger partial charge in [-0.1, -0.05) is 15.9 Å². The maximum atomic E-state index is 13.6. The van der Waals surface area contributed by atoms with E-state index < -0.39 is 11.8 Å². The molecule has 0 fully saturated rings. The molecule has 0 spiro atoms. The first-order valence-electron chi connectivity index (χ1n) is 5.16. The molecule has 0 heterocycles. The van der Waals surface area contributed by atoms with E-state index in [1.807, 2.05) is 0 Å². The van der Waals surface area contributed by atoms with E-state index in [2.05, 4.69) is 15.9 Å². The molecule has 0 radical (unpaired) electrons. The second kappa shape index (κ2) is 6.49. The number of rotatable bonds is 5. The van der Waals surface area contributed by atoms with Gasteiger partial charge in [-0.25, -0.2) is 9.18 Å². The van der Waals surface area contributed by atoms with Crippen molar-refractivity contribution in [1.29, 1.82) is 0 Å². The van der Waals surface area contributed by atoms with Crippen LogP contribution in [0.2, 0.25) is 0 Å². The van der Waals surface area contributed by atoms with Gasteiger partial charge in [-0.15, -0.1) is 0 Å². The molecule has 1 aromatic rings. The zero-order valence-corrected chi connectivity index (χ0v) is 10.9. The Balaban J connectivity index is 2.93. The van der Waals surface area contributed by atoms with Crippen LogP contribution < -0.4 is 0 Å². The zero-order valence-electron chi connectivity index (χ0n) is 9.33. The average molecular weight is 303 g/mol. The van der Waals surface area contributed by atoms with Crippen molar-refractivity contribution >= 4 is 27.7 Å². The van der Waals surface area contributed by atoms with Crippen LogP contribution in [0.15, 0.2) is 18.2 Å². The molecule has 0 aliphatic rings. The van der Waals surface area contributed by atoms with Gasteiger partial charge in [-0.2, -0.15) is 0 Å². The summed E-state index contributed by atoms with van der Waals surface area (Å²) in [5.41, 5.74) is 0.109. The van der Waals surface area contributed by atoms with Crippen LogP contribution in [0.1, 0.15) is 34.1 Å². The van der Waals surface area contributed by atoms with E-state index in [1.54, 1.807) is 6.92 Å². The molecule has 1 rings (SSSR count). The summed E-state index contributed by atoms with van der Waals surface area (Å²) in [7, 11) is 0. The van der Waals surface area contributed by atoms with Crippen LogP contribution >= 0.6 is 15.9 Å². The van der Waals surface area contributed by atoms with Crippen LogP contribution in [-0.4, -0.2) is 23.7 Å². The summed E-state index contributed by atoms with van der Waals surface area (Å²) >= 11 is 3.11. The molecule has 0 amide bonds. The summed E-state index contributed by atoms with van der Waals surface area (Å²) in [4.78, 5) is 22.8. The number of esters is 1. The molecule has 5 heteroatoms. The predicted octanol–water partition coefficient (Wildman–Crippen LogP) is 2.97. The van der Waals surface area contributed by atoms with Crippen molar-refractivity contribution in [1.82, 2.24) is 0 Å². The van der Waals surface area contributed by atoms with Gasteiger partial charge < -0.3 is 4.74 Å². The quantitative estimate of drug-likeness (QED) is 0.477. The van der Waals surface area contributed by atoms with Gasteiger partial charge in [0, 0.05) is 11.8 Å². The van der Waals surface area contributed by atoms with E-state index in [9.17, 15) is 14.0 Å². The molecule has 0 atom stereocenters. The number of alkyl halides is 1. The first kappa shape index (κ1) is 13.8. The Hall–Kier alpha value is -1.23. The molecule has 3 nitrogen and oxygen atoms in total. The molecule has 0 saturated heterocycles. The summed E-state index contributed by atoms with van der Waals surface area (Å²) in [5, 5.41) is 0.477. The number of halogens is 2. The number of ketones is 1. The van der Waals surface area contributed by atoms with Gasteiger partial charge in [0.2, 0.25) is 0 Å². The Kier molecular flexibility index (Phi) is 5.28. The van der Waals surface area contributed by atoms with E-state index in [1.165, 1.54) is 12.1 Å². The van der Waals surface area contributed by atoms with Gasteiger partial charge in [-0.3, -0.25) is 4.79 Å². The van der Waals surface area contributed by atoms with Crippen molar-refractivity contribution in [3.05, 3.63) is 35.1 Å². The summed E-state index contributed by atoms with van der Waals surface area (Å²) in [6.07, 6.45) is 0.218. The lowest BCUT2D eigenvalue weighted by Crippen LogP contribution is -2.08. The number of benzene rings is 1. The Morgan fingerprint density at radius 1 is 1.41 bits per heavy atom. The fourth-order valence-corrected chi connectivity index (χ4v) is 1.66. The Morgan fingerprint density at radius 2 is 2.12 bits per heavy atom. The zero-order chi connectivity index (χ0) is 12.8. The van der Waals surface area contributed by atoms with Crippen molar-refractivity contribution < 1.29 is 18.7 Å². The molecule has 0 saturated carbocycles. The van der Waals surface area contributed by atoms with Crippen molar-refractivity contribution in [2.24, 2.45) is 0 Å². The van der Waals surface area contributed by atoms with Crippen LogP contribution in [0, 0.1) is 5.82 Å². The Morgan fingerprint density at radius 3 is 2.65 bits per heavy atom. The number of ether oxygens (including phenoxy) is 1. The second-order valence-electron chi connectivity index (χ2n) is 3.28. The fourth-order valence-electron chi connectivity index (χ4n) is 1.30. The van der Waals surface area contributed by atoms with Gasteiger partial charge >= 0.3 is 5.97 Å². The molecule has 0 aliphatic heterocycles. The van der Waals surface area contributed by atoms with Gasteiger partial charge in [0.05, 0.1) is 17.7 Å². The fraction of sp³-hybridized carbons (Fsp3) is 0.333. The van der Waals surface area contributed by atoms with Crippen molar-refractivity contribution in [2.75, 3.05) is 11.9 Å². The lowest BCUT2D eigenvalue weighted by Gasteiger charge is -2.04. The third-order valence-electron chi connectivity index (χ3n) is 2.10. The molecule has 0 bridgehead atoms. The van der Waals surface area contributed by atoms with Crippen LogP contribution in [-0.2, 0) is 4.74 Å². The predicted molar refractivity (Wildman–Crippen MR) is 65.1 cm³/mol. The number of Topliss-reactive ketones (excluding diaryl/α,β-unsaturated/α-hetero) is 1. The Labute approximate surface area is 107 Å². The van der Waals surface area contributed by atoms with E-state index in [-0.39, 0.29) is 29.9 Å². The van der Waals surface area contributed by atoms with E-state index >= 15 is 0 Å². The summed E-state index contributed by atoms with van der Waals surface area (Å²) < 4.78 is 18.3. The van der Waals surface area contributed by atoms with Gasteiger partial charge in [0.15, 0.2) is 5.78 Å². The number of hydrogen-bond acceptors (Lipinski definition) is 3. The third-order valence-corrected chi connectivity index (χ3v) is 2.50. The van der Waals surface area contributed by atoms with Crippen LogP contribution in [0.3, 0.4) is 0 Å². The molecule has 92 valence electrons. The Bertz CT molecular complexity index is 432.